The maximum atomic E-state index is 12.6. The number of pyridine rings is 1. The van der Waals surface area contributed by atoms with Crippen molar-refractivity contribution in [1.29, 1.82) is 0 Å². The summed E-state index contributed by atoms with van der Waals surface area (Å²) in [5, 5.41) is 7.56. The summed E-state index contributed by atoms with van der Waals surface area (Å²) in [5.74, 6) is 0.104. The van der Waals surface area contributed by atoms with E-state index in [-0.39, 0.29) is 12.8 Å². The van der Waals surface area contributed by atoms with Gasteiger partial charge in [-0.25, -0.2) is 14.5 Å². The zero-order valence-electron chi connectivity index (χ0n) is 16.3. The van der Waals surface area contributed by atoms with Crippen molar-refractivity contribution >= 4 is 28.6 Å². The average Bonchev–Trinajstić information content (AvgIpc) is 3.31. The quantitative estimate of drug-likeness (QED) is 0.661. The molecule has 1 aliphatic rings. The van der Waals surface area contributed by atoms with Crippen LogP contribution in [0.25, 0.3) is 11.0 Å². The predicted molar refractivity (Wildman–Crippen MR) is 104 cm³/mol. The summed E-state index contributed by atoms with van der Waals surface area (Å²) < 4.78 is 17.5. The van der Waals surface area contributed by atoms with Crippen molar-refractivity contribution in [2.45, 2.75) is 26.8 Å². The van der Waals surface area contributed by atoms with Gasteiger partial charge in [-0.3, -0.25) is 4.79 Å². The second-order valence-electron chi connectivity index (χ2n) is 6.92. The number of ether oxygens (including phenoxy) is 3. The molecule has 0 saturated heterocycles. The van der Waals surface area contributed by atoms with E-state index in [4.69, 9.17) is 14.2 Å². The molecular formula is C20H20N4O5. The van der Waals surface area contributed by atoms with Gasteiger partial charge in [0.2, 0.25) is 6.79 Å². The summed E-state index contributed by atoms with van der Waals surface area (Å²) in [6, 6.07) is 6.76. The molecule has 1 aromatic carbocycles. The molecule has 0 spiro atoms. The van der Waals surface area contributed by atoms with E-state index in [1.807, 2.05) is 13.8 Å². The van der Waals surface area contributed by atoms with Crippen LogP contribution in [-0.2, 0) is 9.53 Å². The fraction of sp³-hybridized carbons (Fsp3) is 0.300. The molecule has 0 atom stereocenters. The lowest BCUT2D eigenvalue weighted by Crippen LogP contribution is -2.21. The lowest BCUT2D eigenvalue weighted by Gasteiger charge is -2.10. The van der Waals surface area contributed by atoms with Crippen LogP contribution in [0.4, 0.5) is 5.69 Å². The number of anilines is 1. The normalized spacial score (nSPS) is 12.4. The van der Waals surface area contributed by atoms with Crippen molar-refractivity contribution in [2.75, 3.05) is 18.7 Å². The third kappa shape index (κ3) is 3.71. The highest BCUT2D eigenvalue weighted by Crippen LogP contribution is 2.34. The Morgan fingerprint density at radius 1 is 1.24 bits per heavy atom. The summed E-state index contributed by atoms with van der Waals surface area (Å²) in [4.78, 5) is 29.3. The van der Waals surface area contributed by atoms with Gasteiger partial charge in [-0.15, -0.1) is 0 Å². The van der Waals surface area contributed by atoms with Crippen LogP contribution in [-0.4, -0.2) is 40.0 Å². The monoisotopic (exact) mass is 396 g/mol. The standard InChI is InChI=1S/C20H20N4O5/c1-11(2)24-19-15(8-21-24)14(6-12(3)22-19)20(26)27-9-18(25)23-13-4-5-16-17(7-13)29-10-28-16/h4-8,11H,9-10H2,1-3H3,(H,23,25). The summed E-state index contributed by atoms with van der Waals surface area (Å²) in [6.07, 6.45) is 1.59. The van der Waals surface area contributed by atoms with Gasteiger partial charge in [0, 0.05) is 23.5 Å². The molecule has 0 radical (unpaired) electrons. The number of fused-ring (bicyclic) bond motifs is 2. The van der Waals surface area contributed by atoms with E-state index < -0.39 is 18.5 Å². The minimum Gasteiger partial charge on any atom is -0.454 e. The molecule has 1 amide bonds. The molecule has 1 N–H and O–H groups in total. The Balaban J connectivity index is 1.45. The molecule has 3 aromatic rings. The number of nitrogens with one attached hydrogen (secondary N) is 1. The Hall–Kier alpha value is -3.62. The number of carbonyl (C=O) groups is 2. The maximum Gasteiger partial charge on any atom is 0.339 e. The molecule has 4 rings (SSSR count). The van der Waals surface area contributed by atoms with Gasteiger partial charge in [-0.05, 0) is 39.0 Å². The number of benzene rings is 1. The number of hydrogen-bond donors (Lipinski definition) is 1. The molecule has 9 nitrogen and oxygen atoms in total. The van der Waals surface area contributed by atoms with Crippen molar-refractivity contribution in [3.63, 3.8) is 0 Å². The van der Waals surface area contributed by atoms with Gasteiger partial charge < -0.3 is 19.5 Å². The second-order valence-corrected chi connectivity index (χ2v) is 6.92. The highest BCUT2D eigenvalue weighted by atomic mass is 16.7. The van der Waals surface area contributed by atoms with Crippen molar-refractivity contribution in [3.05, 3.63) is 41.7 Å². The number of esters is 1. The summed E-state index contributed by atoms with van der Waals surface area (Å²) in [5.41, 5.74) is 2.12. The van der Waals surface area contributed by atoms with Gasteiger partial charge in [0.15, 0.2) is 23.8 Å². The Labute approximate surface area is 166 Å². The molecule has 29 heavy (non-hydrogen) atoms. The van der Waals surface area contributed by atoms with Crippen LogP contribution in [0.1, 0.15) is 35.9 Å². The lowest BCUT2D eigenvalue weighted by atomic mass is 10.1. The fourth-order valence-corrected chi connectivity index (χ4v) is 3.07. The van der Waals surface area contributed by atoms with Crippen LogP contribution in [0.2, 0.25) is 0 Å². The fourth-order valence-electron chi connectivity index (χ4n) is 3.07. The van der Waals surface area contributed by atoms with Gasteiger partial charge in [0.1, 0.15) is 0 Å². The van der Waals surface area contributed by atoms with E-state index in [9.17, 15) is 9.59 Å². The van der Waals surface area contributed by atoms with E-state index in [2.05, 4.69) is 15.4 Å². The van der Waals surface area contributed by atoms with Crippen molar-refractivity contribution in [1.82, 2.24) is 14.8 Å². The van der Waals surface area contributed by atoms with E-state index >= 15 is 0 Å². The van der Waals surface area contributed by atoms with Gasteiger partial charge in [-0.1, -0.05) is 0 Å². The molecule has 1 aliphatic heterocycles. The number of hydrogen-bond acceptors (Lipinski definition) is 7. The SMILES string of the molecule is Cc1cc(C(=O)OCC(=O)Nc2ccc3c(c2)OCO3)c2cnn(C(C)C)c2n1. The molecule has 0 bridgehead atoms. The second kappa shape index (κ2) is 7.42. The summed E-state index contributed by atoms with van der Waals surface area (Å²) in [7, 11) is 0. The van der Waals surface area contributed by atoms with Crippen LogP contribution >= 0.6 is 0 Å². The highest BCUT2D eigenvalue weighted by molar-refractivity contribution is 6.03. The topological polar surface area (TPSA) is 105 Å². The first-order valence-electron chi connectivity index (χ1n) is 9.14. The van der Waals surface area contributed by atoms with Crippen molar-refractivity contribution in [2.24, 2.45) is 0 Å². The summed E-state index contributed by atoms with van der Waals surface area (Å²) >= 11 is 0. The Bertz CT molecular complexity index is 1110. The zero-order valence-corrected chi connectivity index (χ0v) is 16.3. The number of aromatic nitrogens is 3. The largest absolute Gasteiger partial charge is 0.454 e. The van der Waals surface area contributed by atoms with Crippen LogP contribution in [0.15, 0.2) is 30.5 Å². The molecular weight excluding hydrogens is 376 g/mol. The smallest absolute Gasteiger partial charge is 0.339 e. The third-order valence-electron chi connectivity index (χ3n) is 4.39. The Morgan fingerprint density at radius 3 is 2.83 bits per heavy atom. The minimum absolute atomic E-state index is 0.0955. The number of aryl methyl sites for hydroxylation is 1. The Morgan fingerprint density at radius 2 is 2.03 bits per heavy atom. The van der Waals surface area contributed by atoms with Gasteiger partial charge in [-0.2, -0.15) is 5.10 Å². The van der Waals surface area contributed by atoms with Crippen molar-refractivity contribution in [3.8, 4) is 11.5 Å². The first-order valence-corrected chi connectivity index (χ1v) is 9.14. The van der Waals surface area contributed by atoms with Crippen LogP contribution in [0.3, 0.4) is 0 Å². The predicted octanol–water partition coefficient (Wildman–Crippen LogP) is 2.84. The number of amides is 1. The van der Waals surface area contributed by atoms with Crippen LogP contribution in [0, 0.1) is 6.92 Å². The lowest BCUT2D eigenvalue weighted by molar-refractivity contribution is -0.119. The first-order chi connectivity index (χ1) is 13.9. The van der Waals surface area contributed by atoms with E-state index in [1.54, 1.807) is 42.1 Å². The van der Waals surface area contributed by atoms with E-state index in [0.717, 1.165) is 0 Å². The van der Waals surface area contributed by atoms with Crippen LogP contribution in [0.5, 0.6) is 11.5 Å². The van der Waals surface area contributed by atoms with Crippen LogP contribution < -0.4 is 14.8 Å². The molecule has 0 unspecified atom stereocenters. The van der Waals surface area contributed by atoms with Gasteiger partial charge in [0.05, 0.1) is 17.1 Å². The third-order valence-corrected chi connectivity index (χ3v) is 4.39. The molecule has 3 heterocycles. The van der Waals surface area contributed by atoms with Gasteiger partial charge >= 0.3 is 5.97 Å². The average molecular weight is 396 g/mol. The minimum atomic E-state index is -0.607. The first kappa shape index (κ1) is 18.7. The zero-order chi connectivity index (χ0) is 20.5. The van der Waals surface area contributed by atoms with Gasteiger partial charge in [0.25, 0.3) is 5.91 Å². The van der Waals surface area contributed by atoms with E-state index in [1.165, 1.54) is 0 Å². The number of carbonyl (C=O) groups excluding carboxylic acids is 2. The number of rotatable bonds is 5. The number of nitrogens with zero attached hydrogens (tertiary/aromatic N) is 3. The molecule has 2 aromatic heterocycles. The molecule has 0 fully saturated rings. The van der Waals surface area contributed by atoms with Crippen molar-refractivity contribution < 1.29 is 23.8 Å². The van der Waals surface area contributed by atoms with E-state index in [0.29, 0.717) is 39.5 Å². The highest BCUT2D eigenvalue weighted by Gasteiger charge is 2.19. The molecule has 0 saturated carbocycles. The molecule has 0 aliphatic carbocycles. The molecule has 150 valence electrons. The molecule has 9 heteroatoms. The maximum absolute atomic E-state index is 12.6. The Kier molecular flexibility index (Phi) is 4.79. The summed E-state index contributed by atoms with van der Waals surface area (Å²) in [6.45, 7) is 5.48.